The summed E-state index contributed by atoms with van der Waals surface area (Å²) in [6.07, 6.45) is 6.39. The van der Waals surface area contributed by atoms with Gasteiger partial charge in [0.25, 0.3) is 0 Å². The zero-order chi connectivity index (χ0) is 23.8. The molecule has 8 heteroatoms. The van der Waals surface area contributed by atoms with Crippen molar-refractivity contribution < 1.29 is 15.1 Å². The van der Waals surface area contributed by atoms with Crippen molar-refractivity contribution >= 4 is 22.7 Å². The van der Waals surface area contributed by atoms with Crippen molar-refractivity contribution in [3.63, 3.8) is 0 Å². The van der Waals surface area contributed by atoms with Crippen molar-refractivity contribution in [3.8, 4) is 5.75 Å². The highest BCUT2D eigenvalue weighted by atomic mass is 32.2. The molecule has 4 rings (SSSR count). The van der Waals surface area contributed by atoms with E-state index >= 15 is 0 Å². The van der Waals surface area contributed by atoms with Gasteiger partial charge >= 0.3 is 0 Å². The maximum Gasteiger partial charge on any atom is 0.119 e. The van der Waals surface area contributed by atoms with Crippen molar-refractivity contribution in [3.05, 3.63) is 60.4 Å². The molecule has 3 heterocycles. The molecule has 0 bridgehead atoms. The quantitative estimate of drug-likeness (QED) is 0.277. The Labute approximate surface area is 205 Å². The Kier molecular flexibility index (Phi) is 9.12. The third kappa shape index (κ3) is 6.25. The van der Waals surface area contributed by atoms with Crippen LogP contribution in [0.5, 0.6) is 5.75 Å². The summed E-state index contributed by atoms with van der Waals surface area (Å²) in [6, 6.07) is 13.6. The number of hydrogen-bond acceptors (Lipinski definition) is 8. The number of hydroxylamine groups is 1. The number of likely N-dealkylation sites (tertiary alicyclic amines) is 1. The molecule has 1 unspecified atom stereocenters. The van der Waals surface area contributed by atoms with E-state index in [4.69, 9.17) is 4.74 Å². The molecule has 0 radical (unpaired) electrons. The lowest BCUT2D eigenvalue weighted by Gasteiger charge is -2.38. The number of aliphatic hydroxyl groups excluding tert-OH is 1. The number of benzene rings is 1. The SMILES string of the molecule is COc1ccc2nccc(C(CC[C@@H]3CCN(CCSc4ccccn4)C[C@@H]3CO)NO)c2c1. The second-order valence-electron chi connectivity index (χ2n) is 8.85. The number of thioether (sulfide) groups is 1. The van der Waals surface area contributed by atoms with Crippen LogP contribution in [0.2, 0.25) is 0 Å². The van der Waals surface area contributed by atoms with Crippen LogP contribution in [0, 0.1) is 11.8 Å². The predicted molar refractivity (Wildman–Crippen MR) is 135 cm³/mol. The topological polar surface area (TPSA) is 90.7 Å². The second-order valence-corrected chi connectivity index (χ2v) is 9.97. The first-order valence-electron chi connectivity index (χ1n) is 11.9. The fraction of sp³-hybridized carbons (Fsp3) is 0.462. The molecule has 3 N–H and O–H groups in total. The van der Waals surface area contributed by atoms with E-state index in [-0.39, 0.29) is 18.6 Å². The molecule has 1 saturated heterocycles. The van der Waals surface area contributed by atoms with Crippen molar-refractivity contribution in [2.45, 2.75) is 30.3 Å². The lowest BCUT2D eigenvalue weighted by molar-refractivity contribution is 0.0626. The molecule has 1 aromatic carbocycles. The van der Waals surface area contributed by atoms with Gasteiger partial charge in [0.15, 0.2) is 0 Å². The largest absolute Gasteiger partial charge is 0.497 e. The first-order valence-corrected chi connectivity index (χ1v) is 12.9. The van der Waals surface area contributed by atoms with Gasteiger partial charge in [-0.3, -0.25) is 4.98 Å². The van der Waals surface area contributed by atoms with Crippen LogP contribution in [-0.2, 0) is 0 Å². The molecule has 1 aliphatic heterocycles. The van der Waals surface area contributed by atoms with Gasteiger partial charge in [-0.2, -0.15) is 5.48 Å². The number of fused-ring (bicyclic) bond motifs is 1. The Bertz CT molecular complexity index is 1040. The van der Waals surface area contributed by atoms with E-state index in [2.05, 4.69) is 20.3 Å². The summed E-state index contributed by atoms with van der Waals surface area (Å²) >= 11 is 1.78. The van der Waals surface area contributed by atoms with Gasteiger partial charge in [0.05, 0.1) is 23.7 Å². The van der Waals surface area contributed by atoms with Gasteiger partial charge in [0.2, 0.25) is 0 Å². The van der Waals surface area contributed by atoms with Gasteiger partial charge in [-0.25, -0.2) is 4.98 Å². The molecular weight excluding hydrogens is 448 g/mol. The Hall–Kier alpha value is -2.23. The van der Waals surface area contributed by atoms with Gasteiger partial charge in [-0.15, -0.1) is 11.8 Å². The highest BCUT2D eigenvalue weighted by Gasteiger charge is 2.29. The molecule has 3 atom stereocenters. The first kappa shape index (κ1) is 24.9. The van der Waals surface area contributed by atoms with Gasteiger partial charge in [-0.1, -0.05) is 6.07 Å². The average molecular weight is 483 g/mol. The van der Waals surface area contributed by atoms with Gasteiger partial charge in [-0.05, 0) is 79.6 Å². The van der Waals surface area contributed by atoms with Crippen LogP contribution in [0.4, 0.5) is 0 Å². The maximum absolute atomic E-state index is 10.1. The van der Waals surface area contributed by atoms with Crippen LogP contribution in [-0.4, -0.2) is 64.3 Å². The number of ether oxygens (including phenoxy) is 1. The van der Waals surface area contributed by atoms with E-state index in [1.54, 1.807) is 25.1 Å². The van der Waals surface area contributed by atoms with E-state index in [9.17, 15) is 10.3 Å². The summed E-state index contributed by atoms with van der Waals surface area (Å²) in [5.41, 5.74) is 4.41. The number of aromatic nitrogens is 2. The summed E-state index contributed by atoms with van der Waals surface area (Å²) in [4.78, 5) is 11.3. The van der Waals surface area contributed by atoms with Crippen molar-refractivity contribution in [1.29, 1.82) is 0 Å². The van der Waals surface area contributed by atoms with Crippen LogP contribution in [0.25, 0.3) is 10.9 Å². The monoisotopic (exact) mass is 482 g/mol. The molecule has 1 aliphatic rings. The van der Waals surface area contributed by atoms with E-state index in [1.807, 2.05) is 48.7 Å². The fourth-order valence-corrected chi connectivity index (χ4v) is 5.77. The third-order valence-corrected chi connectivity index (χ3v) is 7.77. The zero-order valence-corrected chi connectivity index (χ0v) is 20.5. The Morgan fingerprint density at radius 1 is 1.18 bits per heavy atom. The first-order chi connectivity index (χ1) is 16.7. The lowest BCUT2D eigenvalue weighted by atomic mass is 9.81. The van der Waals surface area contributed by atoms with E-state index in [1.165, 1.54) is 0 Å². The molecule has 0 saturated carbocycles. The van der Waals surface area contributed by atoms with Gasteiger partial charge in [0, 0.05) is 43.2 Å². The fourth-order valence-electron chi connectivity index (χ4n) is 4.91. The maximum atomic E-state index is 10.1. The van der Waals surface area contributed by atoms with E-state index in [0.717, 1.165) is 71.9 Å². The minimum absolute atomic E-state index is 0.196. The van der Waals surface area contributed by atoms with Crippen LogP contribution in [0.15, 0.2) is 59.9 Å². The van der Waals surface area contributed by atoms with E-state index in [0.29, 0.717) is 5.92 Å². The smallest absolute Gasteiger partial charge is 0.119 e. The Morgan fingerprint density at radius 2 is 2.09 bits per heavy atom. The number of aliphatic hydroxyl groups is 1. The summed E-state index contributed by atoms with van der Waals surface area (Å²) in [7, 11) is 1.65. The lowest BCUT2D eigenvalue weighted by Crippen LogP contribution is -2.43. The number of nitrogens with zero attached hydrogens (tertiary/aromatic N) is 3. The summed E-state index contributed by atoms with van der Waals surface area (Å²) in [5.74, 6) is 2.45. The molecule has 182 valence electrons. The highest BCUT2D eigenvalue weighted by molar-refractivity contribution is 7.99. The number of piperidine rings is 1. The number of methoxy groups -OCH3 is 1. The number of pyridine rings is 2. The number of hydrogen-bond donors (Lipinski definition) is 3. The number of nitrogens with one attached hydrogen (secondary N) is 1. The Balaban J connectivity index is 1.33. The zero-order valence-electron chi connectivity index (χ0n) is 19.6. The van der Waals surface area contributed by atoms with Crippen LogP contribution >= 0.6 is 11.8 Å². The second kappa shape index (κ2) is 12.5. The molecule has 7 nitrogen and oxygen atoms in total. The molecule has 1 fully saturated rings. The molecule has 0 spiro atoms. The average Bonchev–Trinajstić information content (AvgIpc) is 2.89. The van der Waals surface area contributed by atoms with Crippen molar-refractivity contribution in [2.24, 2.45) is 11.8 Å². The van der Waals surface area contributed by atoms with Gasteiger partial charge in [0.1, 0.15) is 5.75 Å². The molecule has 2 aromatic heterocycles. The van der Waals surface area contributed by atoms with Gasteiger partial charge < -0.3 is 20.0 Å². The molecule has 34 heavy (non-hydrogen) atoms. The van der Waals surface area contributed by atoms with Crippen LogP contribution < -0.4 is 10.2 Å². The van der Waals surface area contributed by atoms with Crippen molar-refractivity contribution in [2.75, 3.05) is 39.1 Å². The molecular formula is C26H34N4O3S. The molecule has 0 amide bonds. The standard InChI is InChI=1S/C26H34N4O3S/c1-33-21-6-8-24-23(16-21)22(9-12-27-24)25(29-32)7-5-19-10-13-30(17-20(19)18-31)14-15-34-26-4-2-3-11-28-26/h2-4,6,8-9,11-12,16,19-20,25,29,31-32H,5,7,10,13-15,17-18H2,1H3/t19-,20-,25?/m1/s1. The minimum atomic E-state index is -0.204. The summed E-state index contributed by atoms with van der Waals surface area (Å²) in [5, 5.41) is 22.1. The summed E-state index contributed by atoms with van der Waals surface area (Å²) in [6.45, 7) is 3.14. The number of rotatable bonds is 11. The predicted octanol–water partition coefficient (Wildman–Crippen LogP) is 4.16. The highest BCUT2D eigenvalue weighted by Crippen LogP contribution is 2.33. The third-order valence-electron chi connectivity index (χ3n) is 6.85. The van der Waals surface area contributed by atoms with E-state index < -0.39 is 0 Å². The minimum Gasteiger partial charge on any atom is -0.497 e. The van der Waals surface area contributed by atoms with Crippen LogP contribution in [0.3, 0.4) is 0 Å². The van der Waals surface area contributed by atoms with Crippen LogP contribution in [0.1, 0.15) is 30.9 Å². The summed E-state index contributed by atoms with van der Waals surface area (Å²) < 4.78 is 5.39. The van der Waals surface area contributed by atoms with Crippen molar-refractivity contribution in [1.82, 2.24) is 20.3 Å². The Morgan fingerprint density at radius 3 is 2.85 bits per heavy atom. The molecule has 0 aliphatic carbocycles. The molecule has 3 aromatic rings. The normalized spacial score (nSPS) is 19.9.